The maximum atomic E-state index is 11.1. The van der Waals surface area contributed by atoms with E-state index in [1.807, 2.05) is 6.07 Å². The molecule has 0 bridgehead atoms. The van der Waals surface area contributed by atoms with Crippen LogP contribution < -0.4 is 23.7 Å². The maximum absolute atomic E-state index is 11.1. The lowest BCUT2D eigenvalue weighted by Gasteiger charge is -2.15. The van der Waals surface area contributed by atoms with Gasteiger partial charge >= 0.3 is 0 Å². The molecule has 2 aromatic carbocycles. The van der Waals surface area contributed by atoms with Gasteiger partial charge in [-0.25, -0.2) is 0 Å². The second-order valence-electron chi connectivity index (χ2n) is 4.84. The fourth-order valence-electron chi connectivity index (χ4n) is 2.27. The van der Waals surface area contributed by atoms with E-state index >= 15 is 0 Å². The second kappa shape index (κ2) is 8.10. The van der Waals surface area contributed by atoms with Crippen molar-refractivity contribution in [1.82, 2.24) is 0 Å². The van der Waals surface area contributed by atoms with Crippen molar-refractivity contribution < 1.29 is 28.5 Å². The van der Waals surface area contributed by atoms with E-state index in [0.29, 0.717) is 34.3 Å². The molecule has 0 aliphatic heterocycles. The van der Waals surface area contributed by atoms with Crippen molar-refractivity contribution in [1.29, 1.82) is 0 Å². The minimum absolute atomic E-state index is 0.281. The lowest BCUT2D eigenvalue weighted by Crippen LogP contribution is -2.00. The highest BCUT2D eigenvalue weighted by atomic mass is 16.5. The molecule has 6 heteroatoms. The molecule has 0 radical (unpaired) electrons. The Hall–Kier alpha value is -2.89. The summed E-state index contributed by atoms with van der Waals surface area (Å²) >= 11 is 0. The molecule has 0 heterocycles. The van der Waals surface area contributed by atoms with Crippen LogP contribution in [0.1, 0.15) is 15.9 Å². The molecule has 2 rings (SSSR count). The van der Waals surface area contributed by atoms with Gasteiger partial charge in [-0.3, -0.25) is 4.79 Å². The van der Waals surface area contributed by atoms with Crippen LogP contribution in [0.2, 0.25) is 0 Å². The predicted octanol–water partition coefficient (Wildman–Crippen LogP) is 3.11. The summed E-state index contributed by atoms with van der Waals surface area (Å²) in [5.74, 6) is 2.61. The zero-order valence-electron chi connectivity index (χ0n) is 14.1. The average molecular weight is 332 g/mol. The fourth-order valence-corrected chi connectivity index (χ4v) is 2.27. The molecule has 0 aliphatic rings. The zero-order valence-corrected chi connectivity index (χ0v) is 14.1. The van der Waals surface area contributed by atoms with Gasteiger partial charge in [0.2, 0.25) is 5.75 Å². The fraction of sp³-hybridized carbons (Fsp3) is 0.278. The molecule has 0 fully saturated rings. The quantitative estimate of drug-likeness (QED) is 0.692. The molecule has 128 valence electrons. The van der Waals surface area contributed by atoms with E-state index < -0.39 is 0 Å². The Balaban J connectivity index is 2.21. The van der Waals surface area contributed by atoms with Crippen LogP contribution in [-0.2, 0) is 6.61 Å². The van der Waals surface area contributed by atoms with Crippen LogP contribution in [-0.4, -0.2) is 34.7 Å². The van der Waals surface area contributed by atoms with E-state index in [1.165, 1.54) is 7.11 Å². The van der Waals surface area contributed by atoms with Gasteiger partial charge in [0.1, 0.15) is 18.1 Å². The molecular weight excluding hydrogens is 312 g/mol. The molecule has 0 amide bonds. The summed E-state index contributed by atoms with van der Waals surface area (Å²) in [5.41, 5.74) is 1.31. The topological polar surface area (TPSA) is 63.2 Å². The first kappa shape index (κ1) is 17.5. The largest absolute Gasteiger partial charge is 0.496 e. The first-order valence-electron chi connectivity index (χ1n) is 7.21. The highest BCUT2D eigenvalue weighted by Crippen LogP contribution is 2.40. The van der Waals surface area contributed by atoms with E-state index in [2.05, 4.69) is 0 Å². The monoisotopic (exact) mass is 332 g/mol. The highest BCUT2D eigenvalue weighted by Gasteiger charge is 2.14. The van der Waals surface area contributed by atoms with Crippen molar-refractivity contribution in [3.05, 3.63) is 41.5 Å². The molecule has 0 aromatic heterocycles. The van der Waals surface area contributed by atoms with Gasteiger partial charge < -0.3 is 23.7 Å². The molecule has 0 saturated heterocycles. The zero-order chi connectivity index (χ0) is 17.5. The molecule has 0 spiro atoms. The van der Waals surface area contributed by atoms with Crippen LogP contribution in [0.15, 0.2) is 30.3 Å². The Kier molecular flexibility index (Phi) is 5.89. The summed E-state index contributed by atoms with van der Waals surface area (Å²) in [5, 5.41) is 0. The molecule has 6 nitrogen and oxygen atoms in total. The normalized spacial score (nSPS) is 10.0. The molecular formula is C18H20O6. The number of methoxy groups -OCH3 is 4. The number of hydrogen-bond acceptors (Lipinski definition) is 6. The number of carbonyl (C=O) groups is 1. The minimum atomic E-state index is 0.281. The van der Waals surface area contributed by atoms with Gasteiger partial charge in [-0.2, -0.15) is 0 Å². The Morgan fingerprint density at radius 1 is 0.833 bits per heavy atom. The third-order valence-electron chi connectivity index (χ3n) is 3.46. The smallest absolute Gasteiger partial charge is 0.203 e. The van der Waals surface area contributed by atoms with E-state index in [4.69, 9.17) is 23.7 Å². The van der Waals surface area contributed by atoms with Gasteiger partial charge in [0.15, 0.2) is 17.8 Å². The van der Waals surface area contributed by atoms with Gasteiger partial charge in [0.25, 0.3) is 0 Å². The van der Waals surface area contributed by atoms with E-state index in [1.54, 1.807) is 45.6 Å². The Bertz CT molecular complexity index is 686. The molecule has 0 unspecified atom stereocenters. The first-order chi connectivity index (χ1) is 11.7. The van der Waals surface area contributed by atoms with E-state index in [0.717, 1.165) is 11.8 Å². The summed E-state index contributed by atoms with van der Waals surface area (Å²) in [4.78, 5) is 11.1. The minimum Gasteiger partial charge on any atom is -0.496 e. The van der Waals surface area contributed by atoms with Crippen molar-refractivity contribution >= 4 is 6.29 Å². The molecule has 0 atom stereocenters. The Morgan fingerprint density at radius 3 is 1.96 bits per heavy atom. The lowest BCUT2D eigenvalue weighted by atomic mass is 10.1. The number of benzene rings is 2. The summed E-state index contributed by atoms with van der Waals surface area (Å²) in [6.45, 7) is 0.281. The second-order valence-corrected chi connectivity index (χ2v) is 4.84. The molecule has 2 aromatic rings. The number of rotatable bonds is 8. The van der Waals surface area contributed by atoms with Gasteiger partial charge in [0, 0.05) is 12.1 Å². The van der Waals surface area contributed by atoms with Gasteiger partial charge in [-0.1, -0.05) is 6.07 Å². The van der Waals surface area contributed by atoms with Crippen LogP contribution in [0.3, 0.4) is 0 Å². The third kappa shape index (κ3) is 3.71. The predicted molar refractivity (Wildman–Crippen MR) is 88.8 cm³/mol. The maximum Gasteiger partial charge on any atom is 0.203 e. The number of ether oxygens (including phenoxy) is 5. The SMILES string of the molecule is COc1ccc(COc2cc(OC)c(OC)c(OC)c2)cc1C=O. The average Bonchev–Trinajstić information content (AvgIpc) is 2.64. The van der Waals surface area contributed by atoms with Crippen LogP contribution in [0.25, 0.3) is 0 Å². The van der Waals surface area contributed by atoms with Crippen molar-refractivity contribution in [2.45, 2.75) is 6.61 Å². The van der Waals surface area contributed by atoms with Crippen LogP contribution >= 0.6 is 0 Å². The molecule has 0 aliphatic carbocycles. The van der Waals surface area contributed by atoms with Gasteiger partial charge in [-0.15, -0.1) is 0 Å². The van der Waals surface area contributed by atoms with Crippen LogP contribution in [0.4, 0.5) is 0 Å². The van der Waals surface area contributed by atoms with E-state index in [-0.39, 0.29) is 6.61 Å². The van der Waals surface area contributed by atoms with E-state index in [9.17, 15) is 4.79 Å². The van der Waals surface area contributed by atoms with Crippen LogP contribution in [0.5, 0.6) is 28.7 Å². The van der Waals surface area contributed by atoms with Gasteiger partial charge in [-0.05, 0) is 17.7 Å². The first-order valence-corrected chi connectivity index (χ1v) is 7.21. The van der Waals surface area contributed by atoms with Crippen molar-refractivity contribution in [2.24, 2.45) is 0 Å². The molecule has 0 N–H and O–H groups in total. The Morgan fingerprint density at radius 2 is 1.46 bits per heavy atom. The molecule has 24 heavy (non-hydrogen) atoms. The number of aldehydes is 1. The summed E-state index contributed by atoms with van der Waals surface area (Å²) < 4.78 is 26.8. The lowest BCUT2D eigenvalue weighted by molar-refractivity contribution is 0.112. The summed E-state index contributed by atoms with van der Waals surface area (Å²) in [6.07, 6.45) is 0.752. The summed E-state index contributed by atoms with van der Waals surface area (Å²) in [6, 6.07) is 8.72. The molecule has 0 saturated carbocycles. The Labute approximate surface area is 140 Å². The summed E-state index contributed by atoms with van der Waals surface area (Å²) in [7, 11) is 6.15. The highest BCUT2D eigenvalue weighted by molar-refractivity contribution is 5.79. The van der Waals surface area contributed by atoms with Gasteiger partial charge in [0.05, 0.1) is 34.0 Å². The van der Waals surface area contributed by atoms with Crippen molar-refractivity contribution in [2.75, 3.05) is 28.4 Å². The van der Waals surface area contributed by atoms with Crippen molar-refractivity contribution in [3.8, 4) is 28.7 Å². The van der Waals surface area contributed by atoms with Crippen molar-refractivity contribution in [3.63, 3.8) is 0 Å². The van der Waals surface area contributed by atoms with Crippen LogP contribution in [0, 0.1) is 0 Å². The number of hydrogen-bond donors (Lipinski definition) is 0. The standard InChI is InChI=1S/C18H20O6/c1-20-15-6-5-12(7-13(15)10-19)11-24-14-8-16(21-2)18(23-4)17(9-14)22-3/h5-10H,11H2,1-4H3. The number of carbonyl (C=O) groups excluding carboxylic acids is 1. The third-order valence-corrected chi connectivity index (χ3v) is 3.46.